The molecule has 1 aromatic rings. The summed E-state index contributed by atoms with van der Waals surface area (Å²) in [6.45, 7) is 1.33. The van der Waals surface area contributed by atoms with Gasteiger partial charge in [-0.2, -0.15) is 0 Å². The molecule has 1 saturated heterocycles. The second kappa shape index (κ2) is 6.17. The number of nitrogen functional groups attached to an aromatic ring is 1. The number of halogens is 1. The summed E-state index contributed by atoms with van der Waals surface area (Å²) >= 11 is 0. The number of amides is 1. The average molecular weight is 303 g/mol. The summed E-state index contributed by atoms with van der Waals surface area (Å²) in [4.78, 5) is 12.0. The SMILES string of the molecule is Cl.Nc1cc2c(cc1NC(=O)C1COCCO1)OCO2. The number of ether oxygens (including phenoxy) is 4. The second-order valence-corrected chi connectivity index (χ2v) is 4.22. The van der Waals surface area contributed by atoms with Gasteiger partial charge in [0.1, 0.15) is 0 Å². The largest absolute Gasteiger partial charge is 0.454 e. The number of hydrogen-bond donors (Lipinski definition) is 2. The fourth-order valence-corrected chi connectivity index (χ4v) is 1.92. The number of benzene rings is 1. The summed E-state index contributed by atoms with van der Waals surface area (Å²) in [5.41, 5.74) is 6.74. The Morgan fingerprint density at radius 3 is 2.70 bits per heavy atom. The van der Waals surface area contributed by atoms with Gasteiger partial charge in [-0.3, -0.25) is 4.79 Å². The van der Waals surface area contributed by atoms with Crippen LogP contribution in [0.25, 0.3) is 0 Å². The first-order valence-electron chi connectivity index (χ1n) is 5.93. The molecular formula is C12H15ClN2O5. The maximum Gasteiger partial charge on any atom is 0.255 e. The van der Waals surface area contributed by atoms with Crippen molar-refractivity contribution >= 4 is 29.7 Å². The first kappa shape index (κ1) is 14.7. The molecule has 0 saturated carbocycles. The molecular weight excluding hydrogens is 288 g/mol. The number of anilines is 2. The number of rotatable bonds is 2. The Balaban J connectivity index is 0.00000147. The van der Waals surface area contributed by atoms with Gasteiger partial charge in [-0.05, 0) is 0 Å². The van der Waals surface area contributed by atoms with Crippen LogP contribution in [0.2, 0.25) is 0 Å². The van der Waals surface area contributed by atoms with E-state index in [0.717, 1.165) is 0 Å². The van der Waals surface area contributed by atoms with Gasteiger partial charge in [0.2, 0.25) is 6.79 Å². The molecule has 0 aromatic heterocycles. The van der Waals surface area contributed by atoms with E-state index in [4.69, 9.17) is 24.7 Å². The lowest BCUT2D eigenvalue weighted by Gasteiger charge is -2.22. The Kier molecular flexibility index (Phi) is 4.53. The van der Waals surface area contributed by atoms with E-state index < -0.39 is 6.10 Å². The maximum absolute atomic E-state index is 12.0. The van der Waals surface area contributed by atoms with Gasteiger partial charge in [-0.25, -0.2) is 0 Å². The fraction of sp³-hybridized carbons (Fsp3) is 0.417. The zero-order chi connectivity index (χ0) is 13.2. The van der Waals surface area contributed by atoms with E-state index in [1.54, 1.807) is 12.1 Å². The number of carbonyl (C=O) groups is 1. The van der Waals surface area contributed by atoms with Gasteiger partial charge in [0.05, 0.1) is 31.2 Å². The van der Waals surface area contributed by atoms with Gasteiger partial charge in [0.15, 0.2) is 17.6 Å². The highest BCUT2D eigenvalue weighted by atomic mass is 35.5. The third-order valence-electron chi connectivity index (χ3n) is 2.91. The van der Waals surface area contributed by atoms with E-state index in [1.165, 1.54) is 0 Å². The monoisotopic (exact) mass is 302 g/mol. The minimum Gasteiger partial charge on any atom is -0.454 e. The van der Waals surface area contributed by atoms with E-state index in [9.17, 15) is 4.79 Å². The molecule has 1 fully saturated rings. The molecule has 1 atom stereocenters. The number of nitrogens with two attached hydrogens (primary N) is 1. The number of carbonyl (C=O) groups excluding carboxylic acids is 1. The Morgan fingerprint density at radius 1 is 1.25 bits per heavy atom. The molecule has 0 bridgehead atoms. The molecule has 0 radical (unpaired) electrons. The van der Waals surface area contributed by atoms with Crippen LogP contribution in [0.3, 0.4) is 0 Å². The smallest absolute Gasteiger partial charge is 0.255 e. The molecule has 2 aliphatic heterocycles. The predicted molar refractivity (Wildman–Crippen MR) is 73.4 cm³/mol. The molecule has 1 aromatic carbocycles. The quantitative estimate of drug-likeness (QED) is 0.784. The normalized spacial score (nSPS) is 20.1. The van der Waals surface area contributed by atoms with Gasteiger partial charge >= 0.3 is 0 Å². The van der Waals surface area contributed by atoms with Gasteiger partial charge < -0.3 is 30.0 Å². The lowest BCUT2D eigenvalue weighted by atomic mass is 10.2. The Labute approximate surface area is 121 Å². The van der Waals surface area contributed by atoms with Crippen molar-refractivity contribution in [3.05, 3.63) is 12.1 Å². The van der Waals surface area contributed by atoms with Crippen molar-refractivity contribution in [2.24, 2.45) is 0 Å². The summed E-state index contributed by atoms with van der Waals surface area (Å²) in [6.07, 6.45) is -0.612. The van der Waals surface area contributed by atoms with Crippen LogP contribution in [0.1, 0.15) is 0 Å². The summed E-state index contributed by atoms with van der Waals surface area (Å²) in [7, 11) is 0. The maximum atomic E-state index is 12.0. The Bertz CT molecular complexity index is 505. The van der Waals surface area contributed by atoms with Gasteiger partial charge in [0, 0.05) is 12.1 Å². The van der Waals surface area contributed by atoms with Crippen LogP contribution in [0.5, 0.6) is 11.5 Å². The molecule has 1 unspecified atom stereocenters. The van der Waals surface area contributed by atoms with E-state index in [2.05, 4.69) is 5.32 Å². The van der Waals surface area contributed by atoms with Gasteiger partial charge in [0.25, 0.3) is 5.91 Å². The summed E-state index contributed by atoms with van der Waals surface area (Å²) in [6, 6.07) is 3.26. The third-order valence-corrected chi connectivity index (χ3v) is 2.91. The van der Waals surface area contributed by atoms with Crippen molar-refractivity contribution in [1.82, 2.24) is 0 Å². The van der Waals surface area contributed by atoms with Crippen molar-refractivity contribution in [2.45, 2.75) is 6.10 Å². The standard InChI is InChI=1S/C12H14N2O5.ClH/c13-7-3-9-10(19-6-18-9)4-8(7)14-12(15)11-5-16-1-2-17-11;/h3-4,11H,1-2,5-6,13H2,(H,14,15);1H. The predicted octanol–water partition coefficient (Wildman–Crippen LogP) is 0.773. The van der Waals surface area contributed by atoms with Crippen LogP contribution in [-0.2, 0) is 14.3 Å². The summed E-state index contributed by atoms with van der Waals surface area (Å²) < 4.78 is 20.9. The van der Waals surface area contributed by atoms with Crippen molar-refractivity contribution in [2.75, 3.05) is 37.7 Å². The average Bonchev–Trinajstić information content (AvgIpc) is 2.87. The zero-order valence-corrected chi connectivity index (χ0v) is 11.4. The van der Waals surface area contributed by atoms with Crippen molar-refractivity contribution < 1.29 is 23.7 Å². The Morgan fingerprint density at radius 2 is 2.00 bits per heavy atom. The van der Waals surface area contributed by atoms with Crippen LogP contribution in [0, 0.1) is 0 Å². The summed E-state index contributed by atoms with van der Waals surface area (Å²) in [5.74, 6) is 0.850. The minimum absolute atomic E-state index is 0. The first-order valence-corrected chi connectivity index (χ1v) is 5.93. The van der Waals surface area contributed by atoms with E-state index in [0.29, 0.717) is 36.1 Å². The third kappa shape index (κ3) is 2.90. The lowest BCUT2D eigenvalue weighted by Crippen LogP contribution is -2.39. The van der Waals surface area contributed by atoms with Crippen LogP contribution in [0.15, 0.2) is 12.1 Å². The topological polar surface area (TPSA) is 92.0 Å². The van der Waals surface area contributed by atoms with Crippen LogP contribution >= 0.6 is 12.4 Å². The van der Waals surface area contributed by atoms with Gasteiger partial charge in [-0.1, -0.05) is 0 Å². The molecule has 110 valence electrons. The van der Waals surface area contributed by atoms with Crippen molar-refractivity contribution in [1.29, 1.82) is 0 Å². The minimum atomic E-state index is -0.612. The van der Waals surface area contributed by atoms with Crippen molar-refractivity contribution in [3.63, 3.8) is 0 Å². The fourth-order valence-electron chi connectivity index (χ4n) is 1.92. The highest BCUT2D eigenvalue weighted by Gasteiger charge is 2.24. The molecule has 0 aliphatic carbocycles. The highest BCUT2D eigenvalue weighted by Crippen LogP contribution is 2.38. The second-order valence-electron chi connectivity index (χ2n) is 4.22. The number of hydrogen-bond acceptors (Lipinski definition) is 6. The molecule has 3 N–H and O–H groups in total. The molecule has 20 heavy (non-hydrogen) atoms. The van der Waals surface area contributed by atoms with Crippen LogP contribution in [0.4, 0.5) is 11.4 Å². The number of nitrogens with one attached hydrogen (secondary N) is 1. The zero-order valence-electron chi connectivity index (χ0n) is 10.6. The molecule has 2 heterocycles. The Hall–Kier alpha value is -1.70. The van der Waals surface area contributed by atoms with Crippen molar-refractivity contribution in [3.8, 4) is 11.5 Å². The van der Waals surface area contributed by atoms with Crippen LogP contribution < -0.4 is 20.5 Å². The van der Waals surface area contributed by atoms with Gasteiger partial charge in [-0.15, -0.1) is 12.4 Å². The lowest BCUT2D eigenvalue weighted by molar-refractivity contribution is -0.142. The number of fused-ring (bicyclic) bond motifs is 1. The highest BCUT2D eigenvalue weighted by molar-refractivity contribution is 5.97. The molecule has 3 rings (SSSR count). The molecule has 0 spiro atoms. The molecule has 1 amide bonds. The van der Waals surface area contributed by atoms with E-state index in [-0.39, 0.29) is 31.7 Å². The molecule has 8 heteroatoms. The molecule has 7 nitrogen and oxygen atoms in total. The van der Waals surface area contributed by atoms with E-state index >= 15 is 0 Å². The van der Waals surface area contributed by atoms with Crippen LogP contribution in [-0.4, -0.2) is 38.6 Å². The summed E-state index contributed by atoms with van der Waals surface area (Å²) in [5, 5.41) is 2.71. The molecule has 2 aliphatic rings. The van der Waals surface area contributed by atoms with E-state index in [1.807, 2.05) is 0 Å². The first-order chi connectivity index (χ1) is 9.24.